The molecule has 2 heterocycles. The van der Waals surface area contributed by atoms with Gasteiger partial charge in [-0.05, 0) is 48.6 Å². The first-order valence-corrected chi connectivity index (χ1v) is 9.49. The molecule has 1 atom stereocenters. The second-order valence-electron chi connectivity index (χ2n) is 7.07. The minimum atomic E-state index is 0.152. The summed E-state index contributed by atoms with van der Waals surface area (Å²) >= 11 is 0. The Labute approximate surface area is 164 Å². The van der Waals surface area contributed by atoms with Crippen LogP contribution in [0.25, 0.3) is 16.9 Å². The van der Waals surface area contributed by atoms with Crippen molar-refractivity contribution >= 4 is 16.9 Å². The van der Waals surface area contributed by atoms with Crippen molar-refractivity contribution in [2.75, 3.05) is 0 Å². The number of carbonyl (C=O) groups is 1. The minimum Gasteiger partial charge on any atom is -0.294 e. The number of fused-ring (bicyclic) bond motifs is 1. The molecule has 0 radical (unpaired) electrons. The predicted molar refractivity (Wildman–Crippen MR) is 110 cm³/mol. The summed E-state index contributed by atoms with van der Waals surface area (Å²) in [6.07, 6.45) is 3.05. The van der Waals surface area contributed by atoms with Crippen molar-refractivity contribution in [1.82, 2.24) is 20.0 Å². The van der Waals surface area contributed by atoms with E-state index in [1.54, 1.807) is 10.9 Å². The maximum atomic E-state index is 12.9. The fraction of sp³-hybridized carbons (Fsp3) is 0.217. The zero-order valence-electron chi connectivity index (χ0n) is 16.0. The van der Waals surface area contributed by atoms with Crippen LogP contribution in [0.1, 0.15) is 47.2 Å². The SMILES string of the molecule is Cc1c(C(=O)CCC(C)c2ccccc2)cccc1-n1nnc2cccnc21. The quantitative estimate of drug-likeness (QED) is 0.453. The third kappa shape index (κ3) is 3.43. The molecule has 0 amide bonds. The van der Waals surface area contributed by atoms with Crippen molar-refractivity contribution < 1.29 is 4.79 Å². The van der Waals surface area contributed by atoms with Gasteiger partial charge >= 0.3 is 0 Å². The molecule has 5 nitrogen and oxygen atoms in total. The van der Waals surface area contributed by atoms with Gasteiger partial charge in [-0.3, -0.25) is 4.79 Å². The lowest BCUT2D eigenvalue weighted by atomic mass is 9.92. The van der Waals surface area contributed by atoms with Crippen molar-refractivity contribution in [3.05, 3.63) is 83.6 Å². The Hall–Kier alpha value is -3.34. The van der Waals surface area contributed by atoms with Gasteiger partial charge in [-0.15, -0.1) is 5.10 Å². The Morgan fingerprint density at radius 3 is 2.68 bits per heavy atom. The highest BCUT2D eigenvalue weighted by molar-refractivity contribution is 5.98. The summed E-state index contributed by atoms with van der Waals surface area (Å²) in [6.45, 7) is 4.12. The van der Waals surface area contributed by atoms with E-state index in [-0.39, 0.29) is 5.78 Å². The summed E-state index contributed by atoms with van der Waals surface area (Å²) in [5.41, 5.74) is 5.15. The highest BCUT2D eigenvalue weighted by atomic mass is 16.1. The van der Waals surface area contributed by atoms with E-state index in [0.29, 0.717) is 18.0 Å². The first kappa shape index (κ1) is 18.0. The lowest BCUT2D eigenvalue weighted by Crippen LogP contribution is -2.08. The van der Waals surface area contributed by atoms with E-state index in [4.69, 9.17) is 0 Å². The topological polar surface area (TPSA) is 60.7 Å². The predicted octanol–water partition coefficient (Wildman–Crippen LogP) is 4.89. The van der Waals surface area contributed by atoms with Gasteiger partial charge in [0, 0.05) is 18.2 Å². The third-order valence-electron chi connectivity index (χ3n) is 5.22. The molecule has 140 valence electrons. The van der Waals surface area contributed by atoms with Crippen molar-refractivity contribution in [3.63, 3.8) is 0 Å². The smallest absolute Gasteiger partial charge is 0.183 e. The average Bonchev–Trinajstić information content (AvgIpc) is 3.16. The van der Waals surface area contributed by atoms with Crippen LogP contribution < -0.4 is 0 Å². The summed E-state index contributed by atoms with van der Waals surface area (Å²) in [5.74, 6) is 0.497. The highest BCUT2D eigenvalue weighted by Crippen LogP contribution is 2.25. The minimum absolute atomic E-state index is 0.152. The molecule has 4 aromatic rings. The van der Waals surface area contributed by atoms with Gasteiger partial charge < -0.3 is 0 Å². The van der Waals surface area contributed by atoms with Crippen LogP contribution in [0.3, 0.4) is 0 Å². The van der Waals surface area contributed by atoms with Crippen LogP contribution in [0.15, 0.2) is 66.9 Å². The summed E-state index contributed by atoms with van der Waals surface area (Å²) in [7, 11) is 0. The van der Waals surface area contributed by atoms with Crippen molar-refractivity contribution in [3.8, 4) is 5.69 Å². The number of pyridine rings is 1. The number of hydrogen-bond donors (Lipinski definition) is 0. The van der Waals surface area contributed by atoms with Crippen LogP contribution in [-0.4, -0.2) is 25.8 Å². The number of rotatable bonds is 6. The second kappa shape index (κ2) is 7.72. The van der Waals surface area contributed by atoms with Gasteiger partial charge in [0.1, 0.15) is 5.52 Å². The van der Waals surface area contributed by atoms with E-state index in [9.17, 15) is 4.79 Å². The molecule has 0 aliphatic heterocycles. The summed E-state index contributed by atoms with van der Waals surface area (Å²) in [5, 5.41) is 8.40. The molecule has 0 saturated heterocycles. The third-order valence-corrected chi connectivity index (χ3v) is 5.22. The zero-order chi connectivity index (χ0) is 19.5. The summed E-state index contributed by atoms with van der Waals surface area (Å²) in [6, 6.07) is 19.8. The normalized spacial score (nSPS) is 12.2. The fourth-order valence-electron chi connectivity index (χ4n) is 3.51. The van der Waals surface area contributed by atoms with Gasteiger partial charge in [0.05, 0.1) is 5.69 Å². The van der Waals surface area contributed by atoms with Gasteiger partial charge in [0.2, 0.25) is 0 Å². The number of nitrogens with zero attached hydrogens (tertiary/aromatic N) is 4. The highest BCUT2D eigenvalue weighted by Gasteiger charge is 2.16. The first-order chi connectivity index (χ1) is 13.6. The Morgan fingerprint density at radius 2 is 1.86 bits per heavy atom. The summed E-state index contributed by atoms with van der Waals surface area (Å²) in [4.78, 5) is 17.3. The number of carbonyl (C=O) groups excluding carboxylic acids is 1. The Bertz CT molecular complexity index is 1120. The van der Waals surface area contributed by atoms with E-state index < -0.39 is 0 Å². The molecule has 0 aliphatic rings. The molecule has 2 aromatic heterocycles. The molecule has 0 aliphatic carbocycles. The molecular formula is C23H22N4O. The van der Waals surface area contributed by atoms with Crippen molar-refractivity contribution in [2.24, 2.45) is 0 Å². The van der Waals surface area contributed by atoms with Crippen LogP contribution in [0.4, 0.5) is 0 Å². The Kier molecular flexibility index (Phi) is 4.98. The maximum absolute atomic E-state index is 12.9. The van der Waals surface area contributed by atoms with Crippen LogP contribution >= 0.6 is 0 Å². The molecular weight excluding hydrogens is 348 g/mol. The van der Waals surface area contributed by atoms with E-state index in [0.717, 1.165) is 28.8 Å². The van der Waals surface area contributed by atoms with E-state index in [1.165, 1.54) is 5.56 Å². The lowest BCUT2D eigenvalue weighted by molar-refractivity contribution is 0.0977. The molecule has 1 unspecified atom stereocenters. The van der Waals surface area contributed by atoms with E-state index in [1.807, 2.05) is 55.5 Å². The van der Waals surface area contributed by atoms with Gasteiger partial charge in [-0.1, -0.05) is 54.6 Å². The van der Waals surface area contributed by atoms with Crippen molar-refractivity contribution in [1.29, 1.82) is 0 Å². The van der Waals surface area contributed by atoms with E-state index >= 15 is 0 Å². The zero-order valence-corrected chi connectivity index (χ0v) is 16.0. The Morgan fingerprint density at radius 1 is 1.04 bits per heavy atom. The molecule has 5 heteroatoms. The molecule has 0 fully saturated rings. The maximum Gasteiger partial charge on any atom is 0.183 e. The average molecular weight is 370 g/mol. The molecule has 0 bridgehead atoms. The molecule has 2 aromatic carbocycles. The van der Waals surface area contributed by atoms with Crippen molar-refractivity contribution in [2.45, 2.75) is 32.6 Å². The molecule has 4 rings (SSSR count). The van der Waals surface area contributed by atoms with Gasteiger partial charge in [0.25, 0.3) is 0 Å². The van der Waals surface area contributed by atoms with Gasteiger partial charge in [0.15, 0.2) is 11.4 Å². The molecule has 0 saturated carbocycles. The number of ketones is 1. The number of aromatic nitrogens is 4. The van der Waals surface area contributed by atoms with Gasteiger partial charge in [-0.2, -0.15) is 4.68 Å². The first-order valence-electron chi connectivity index (χ1n) is 9.49. The molecule has 0 spiro atoms. The second-order valence-corrected chi connectivity index (χ2v) is 7.07. The standard InChI is InChI=1S/C23H22N4O/c1-16(18-8-4-3-5-9-18)13-14-22(28)19-10-6-12-21(17(19)2)27-23-20(25-26-27)11-7-15-24-23/h3-12,15-16H,13-14H2,1-2H3. The van der Waals surface area contributed by atoms with Gasteiger partial charge in [-0.25, -0.2) is 4.98 Å². The molecule has 28 heavy (non-hydrogen) atoms. The summed E-state index contributed by atoms with van der Waals surface area (Å²) < 4.78 is 1.70. The van der Waals surface area contributed by atoms with Crippen LogP contribution in [-0.2, 0) is 0 Å². The fourth-order valence-corrected chi connectivity index (χ4v) is 3.51. The van der Waals surface area contributed by atoms with Crippen LogP contribution in [0, 0.1) is 6.92 Å². The van der Waals surface area contributed by atoms with Crippen LogP contribution in [0.5, 0.6) is 0 Å². The molecule has 0 N–H and O–H groups in total. The largest absolute Gasteiger partial charge is 0.294 e. The van der Waals surface area contributed by atoms with Crippen LogP contribution in [0.2, 0.25) is 0 Å². The lowest BCUT2D eigenvalue weighted by Gasteiger charge is -2.13. The van der Waals surface area contributed by atoms with E-state index in [2.05, 4.69) is 34.4 Å². The monoisotopic (exact) mass is 370 g/mol. The number of hydrogen-bond acceptors (Lipinski definition) is 4. The number of Topliss-reactive ketones (excluding diaryl/α,β-unsaturated/α-hetero) is 1. The Balaban J connectivity index is 1.57. The number of benzene rings is 2.